The number of ether oxygens (including phenoxy) is 1. The number of halogens is 1. The number of benzene rings is 1. The van der Waals surface area contributed by atoms with Crippen LogP contribution < -0.4 is 5.73 Å². The fraction of sp³-hybridized carbons (Fsp3) is 0.533. The zero-order valence-electron chi connectivity index (χ0n) is 12.9. The monoisotopic (exact) mass is 344 g/mol. The molecule has 2 atom stereocenters. The third-order valence-electron chi connectivity index (χ3n) is 3.91. The second kappa shape index (κ2) is 7.37. The Morgan fingerprint density at radius 1 is 1.48 bits per heavy atom. The van der Waals surface area contributed by atoms with Crippen LogP contribution in [-0.4, -0.2) is 44.1 Å². The van der Waals surface area contributed by atoms with Gasteiger partial charge in [0, 0.05) is 13.7 Å². The Bertz CT molecular complexity index is 659. The number of likely N-dealkylation sites (N-methyl/N-ethyl adjacent to an activating group) is 1. The van der Waals surface area contributed by atoms with Gasteiger partial charge in [-0.05, 0) is 37.0 Å². The lowest BCUT2D eigenvalue weighted by Crippen LogP contribution is -2.43. The lowest BCUT2D eigenvalue weighted by molar-refractivity contribution is -0.121. The maximum absolute atomic E-state index is 13.4. The number of hydrogen-bond donors (Lipinski definition) is 1. The molecule has 128 valence electrons. The Kier molecular flexibility index (Phi) is 5.72. The van der Waals surface area contributed by atoms with Gasteiger partial charge in [-0.1, -0.05) is 12.1 Å². The summed E-state index contributed by atoms with van der Waals surface area (Å²) in [6.07, 6.45) is 2.10. The minimum atomic E-state index is -3.78. The number of amides is 1. The zero-order valence-corrected chi connectivity index (χ0v) is 13.8. The minimum absolute atomic E-state index is 0.202. The third-order valence-corrected chi connectivity index (χ3v) is 5.79. The Morgan fingerprint density at radius 2 is 2.22 bits per heavy atom. The van der Waals surface area contributed by atoms with Crippen molar-refractivity contribution in [2.24, 2.45) is 5.73 Å². The third kappa shape index (κ3) is 4.49. The number of hydrogen-bond acceptors (Lipinski definition) is 4. The maximum Gasteiger partial charge on any atom is 0.240 e. The van der Waals surface area contributed by atoms with Crippen molar-refractivity contribution in [2.75, 3.05) is 19.4 Å². The standard InChI is InChI=1S/C15H21FN2O4S/c1-18(23(20,21)10-13-7-2-3-8-22-13)14(15(17)19)11-5-4-6-12(16)9-11/h4-6,9,13-14H,2-3,7-8,10H2,1H3,(H2,17,19)/t13-,14-/m0/s1. The molecule has 1 amide bonds. The molecule has 8 heteroatoms. The second-order valence-corrected chi connectivity index (χ2v) is 7.72. The van der Waals surface area contributed by atoms with Crippen LogP contribution in [0.5, 0.6) is 0 Å². The van der Waals surface area contributed by atoms with Crippen LogP contribution in [0.3, 0.4) is 0 Å². The highest BCUT2D eigenvalue weighted by molar-refractivity contribution is 7.89. The van der Waals surface area contributed by atoms with Crippen molar-refractivity contribution in [3.05, 3.63) is 35.6 Å². The highest BCUT2D eigenvalue weighted by atomic mass is 32.2. The van der Waals surface area contributed by atoms with Gasteiger partial charge in [0.25, 0.3) is 0 Å². The Morgan fingerprint density at radius 3 is 2.78 bits per heavy atom. The van der Waals surface area contributed by atoms with Crippen molar-refractivity contribution in [3.8, 4) is 0 Å². The van der Waals surface area contributed by atoms with E-state index in [-0.39, 0.29) is 11.3 Å². The molecular weight excluding hydrogens is 323 g/mol. The van der Waals surface area contributed by atoms with Crippen LogP contribution in [0.15, 0.2) is 24.3 Å². The molecule has 1 aliphatic heterocycles. The molecule has 0 spiro atoms. The summed E-state index contributed by atoms with van der Waals surface area (Å²) in [7, 11) is -2.50. The molecule has 6 nitrogen and oxygen atoms in total. The van der Waals surface area contributed by atoms with Gasteiger partial charge in [-0.15, -0.1) is 0 Å². The first-order valence-corrected chi connectivity index (χ1v) is 9.04. The molecule has 1 aliphatic rings. The summed E-state index contributed by atoms with van der Waals surface area (Å²) >= 11 is 0. The fourth-order valence-corrected chi connectivity index (χ4v) is 4.20. The van der Waals surface area contributed by atoms with Crippen molar-refractivity contribution >= 4 is 15.9 Å². The highest BCUT2D eigenvalue weighted by Crippen LogP contribution is 2.24. The molecule has 1 heterocycles. The van der Waals surface area contributed by atoms with Gasteiger partial charge in [-0.2, -0.15) is 4.31 Å². The number of nitrogens with zero attached hydrogens (tertiary/aromatic N) is 1. The number of nitrogens with two attached hydrogens (primary N) is 1. The van der Waals surface area contributed by atoms with Gasteiger partial charge in [0.05, 0.1) is 11.9 Å². The van der Waals surface area contributed by atoms with E-state index in [9.17, 15) is 17.6 Å². The van der Waals surface area contributed by atoms with Crippen LogP contribution in [-0.2, 0) is 19.6 Å². The summed E-state index contributed by atoms with van der Waals surface area (Å²) in [6, 6.07) is 3.96. The van der Waals surface area contributed by atoms with Gasteiger partial charge in [0.2, 0.25) is 15.9 Å². The normalized spacial score (nSPS) is 20.4. The molecule has 2 N–H and O–H groups in total. The van der Waals surface area contributed by atoms with E-state index in [1.807, 2.05) is 0 Å². The summed E-state index contributed by atoms with van der Waals surface area (Å²) in [5, 5.41) is 0. The van der Waals surface area contributed by atoms with Crippen LogP contribution in [0, 0.1) is 5.82 Å². The maximum atomic E-state index is 13.4. The number of primary amides is 1. The molecule has 1 aromatic carbocycles. The van der Waals surface area contributed by atoms with Gasteiger partial charge in [0.15, 0.2) is 0 Å². The van der Waals surface area contributed by atoms with Crippen LogP contribution in [0.25, 0.3) is 0 Å². The van der Waals surface area contributed by atoms with Crippen molar-refractivity contribution in [1.82, 2.24) is 4.31 Å². The van der Waals surface area contributed by atoms with Crippen LogP contribution >= 0.6 is 0 Å². The van der Waals surface area contributed by atoms with E-state index in [1.165, 1.54) is 25.2 Å². The quantitative estimate of drug-likeness (QED) is 0.839. The largest absolute Gasteiger partial charge is 0.377 e. The molecule has 1 fully saturated rings. The van der Waals surface area contributed by atoms with Gasteiger partial charge in [-0.3, -0.25) is 4.79 Å². The van der Waals surface area contributed by atoms with Crippen LogP contribution in [0.2, 0.25) is 0 Å². The van der Waals surface area contributed by atoms with E-state index in [2.05, 4.69) is 0 Å². The predicted molar refractivity (Wildman–Crippen MR) is 83.5 cm³/mol. The number of carbonyl (C=O) groups is 1. The molecule has 2 rings (SSSR count). The minimum Gasteiger partial charge on any atom is -0.377 e. The van der Waals surface area contributed by atoms with E-state index < -0.39 is 33.9 Å². The Labute approximate surface area is 135 Å². The average Bonchev–Trinajstić information content (AvgIpc) is 2.47. The van der Waals surface area contributed by atoms with Crippen LogP contribution in [0.1, 0.15) is 30.9 Å². The van der Waals surface area contributed by atoms with Gasteiger partial charge < -0.3 is 10.5 Å². The highest BCUT2D eigenvalue weighted by Gasteiger charge is 2.34. The van der Waals surface area contributed by atoms with Crippen molar-refractivity contribution < 1.29 is 22.3 Å². The summed E-state index contributed by atoms with van der Waals surface area (Å²) < 4.78 is 44.8. The molecule has 23 heavy (non-hydrogen) atoms. The van der Waals surface area contributed by atoms with E-state index in [0.717, 1.165) is 23.2 Å². The van der Waals surface area contributed by atoms with E-state index in [0.29, 0.717) is 13.0 Å². The van der Waals surface area contributed by atoms with Gasteiger partial charge in [0.1, 0.15) is 11.9 Å². The molecule has 1 saturated heterocycles. The zero-order chi connectivity index (χ0) is 17.0. The molecular formula is C15H21FN2O4S. The van der Waals surface area contributed by atoms with Crippen molar-refractivity contribution in [3.63, 3.8) is 0 Å². The van der Waals surface area contributed by atoms with E-state index >= 15 is 0 Å². The first-order chi connectivity index (χ1) is 10.8. The summed E-state index contributed by atoms with van der Waals surface area (Å²) in [5.41, 5.74) is 5.55. The number of carbonyl (C=O) groups excluding carboxylic acids is 1. The van der Waals surface area contributed by atoms with E-state index in [1.54, 1.807) is 0 Å². The SMILES string of the molecule is CN([C@H](C(N)=O)c1cccc(F)c1)S(=O)(=O)C[C@@H]1CCCCO1. The average molecular weight is 344 g/mol. The van der Waals surface area contributed by atoms with E-state index in [4.69, 9.17) is 10.5 Å². The Balaban J connectivity index is 2.22. The van der Waals surface area contributed by atoms with Crippen molar-refractivity contribution in [2.45, 2.75) is 31.4 Å². The smallest absolute Gasteiger partial charge is 0.240 e. The second-order valence-electron chi connectivity index (χ2n) is 5.64. The first kappa shape index (κ1) is 17.8. The molecule has 0 radical (unpaired) electrons. The molecule has 0 saturated carbocycles. The Hall–Kier alpha value is -1.51. The summed E-state index contributed by atoms with van der Waals surface area (Å²) in [4.78, 5) is 11.8. The fourth-order valence-electron chi connectivity index (χ4n) is 2.68. The molecule has 0 unspecified atom stereocenters. The molecule has 1 aromatic rings. The first-order valence-electron chi connectivity index (χ1n) is 7.43. The number of sulfonamides is 1. The number of rotatable bonds is 6. The molecule has 0 bridgehead atoms. The predicted octanol–water partition coefficient (Wildman–Crippen LogP) is 1.18. The lowest BCUT2D eigenvalue weighted by atomic mass is 10.1. The molecule has 0 aliphatic carbocycles. The lowest BCUT2D eigenvalue weighted by Gasteiger charge is -2.29. The van der Waals surface area contributed by atoms with Gasteiger partial charge in [-0.25, -0.2) is 12.8 Å². The molecule has 0 aromatic heterocycles. The van der Waals surface area contributed by atoms with Crippen LogP contribution in [0.4, 0.5) is 4.39 Å². The summed E-state index contributed by atoms with van der Waals surface area (Å²) in [5.74, 6) is -1.64. The van der Waals surface area contributed by atoms with Gasteiger partial charge >= 0.3 is 0 Å². The topological polar surface area (TPSA) is 89.7 Å². The van der Waals surface area contributed by atoms with Crippen molar-refractivity contribution in [1.29, 1.82) is 0 Å². The summed E-state index contributed by atoms with van der Waals surface area (Å²) in [6.45, 7) is 0.535.